The van der Waals surface area contributed by atoms with Gasteiger partial charge in [0.2, 0.25) is 0 Å². The lowest BCUT2D eigenvalue weighted by Crippen LogP contribution is -2.17. The van der Waals surface area contributed by atoms with Crippen molar-refractivity contribution in [3.63, 3.8) is 0 Å². The minimum atomic E-state index is 0.532. The van der Waals surface area contributed by atoms with Crippen LogP contribution >= 0.6 is 11.6 Å². The van der Waals surface area contributed by atoms with Crippen LogP contribution in [-0.4, -0.2) is 9.55 Å². The van der Waals surface area contributed by atoms with Crippen LogP contribution in [0.5, 0.6) is 0 Å². The molecule has 0 amide bonds. The van der Waals surface area contributed by atoms with Gasteiger partial charge in [-0.05, 0) is 38.3 Å². The SMILES string of the molecule is Cc1nc2c(Cl)cc(C#N)cc2n1C1CCC1. The van der Waals surface area contributed by atoms with Crippen LogP contribution in [0.1, 0.15) is 36.7 Å². The van der Waals surface area contributed by atoms with E-state index >= 15 is 0 Å². The molecular formula is C13H12ClN3. The molecule has 0 atom stereocenters. The quantitative estimate of drug-likeness (QED) is 0.770. The van der Waals surface area contributed by atoms with Gasteiger partial charge in [0.1, 0.15) is 11.3 Å². The van der Waals surface area contributed by atoms with Gasteiger partial charge < -0.3 is 4.57 Å². The zero-order valence-electron chi connectivity index (χ0n) is 9.57. The topological polar surface area (TPSA) is 41.6 Å². The molecule has 0 radical (unpaired) electrons. The number of aromatic nitrogens is 2. The van der Waals surface area contributed by atoms with E-state index in [1.165, 1.54) is 19.3 Å². The Balaban J connectivity index is 2.30. The first-order valence-electron chi connectivity index (χ1n) is 5.79. The van der Waals surface area contributed by atoms with Crippen molar-refractivity contribution in [2.24, 2.45) is 0 Å². The fourth-order valence-corrected chi connectivity index (χ4v) is 2.70. The molecule has 1 aliphatic carbocycles. The van der Waals surface area contributed by atoms with Crippen LogP contribution in [0, 0.1) is 18.3 Å². The van der Waals surface area contributed by atoms with Gasteiger partial charge in [0.15, 0.2) is 0 Å². The summed E-state index contributed by atoms with van der Waals surface area (Å²) < 4.78 is 2.23. The van der Waals surface area contributed by atoms with Gasteiger partial charge in [-0.15, -0.1) is 0 Å². The van der Waals surface area contributed by atoms with E-state index in [9.17, 15) is 0 Å². The first-order chi connectivity index (χ1) is 8.20. The molecule has 1 saturated carbocycles. The Morgan fingerprint density at radius 2 is 2.24 bits per heavy atom. The summed E-state index contributed by atoms with van der Waals surface area (Å²) in [5, 5.41) is 9.56. The molecule has 4 heteroatoms. The van der Waals surface area contributed by atoms with E-state index in [1.807, 2.05) is 13.0 Å². The molecule has 0 spiro atoms. The lowest BCUT2D eigenvalue weighted by atomic mass is 9.92. The molecule has 1 fully saturated rings. The summed E-state index contributed by atoms with van der Waals surface area (Å²) in [4.78, 5) is 4.51. The molecule has 2 aromatic rings. The minimum absolute atomic E-state index is 0.532. The third kappa shape index (κ3) is 1.52. The Morgan fingerprint density at radius 3 is 2.82 bits per heavy atom. The summed E-state index contributed by atoms with van der Waals surface area (Å²) in [5.41, 5.74) is 2.41. The maximum atomic E-state index is 8.99. The zero-order chi connectivity index (χ0) is 12.0. The number of benzene rings is 1. The third-order valence-electron chi connectivity index (χ3n) is 3.49. The van der Waals surface area contributed by atoms with Crippen molar-refractivity contribution in [3.8, 4) is 6.07 Å². The van der Waals surface area contributed by atoms with E-state index in [1.54, 1.807) is 6.07 Å². The van der Waals surface area contributed by atoms with E-state index < -0.39 is 0 Å². The molecule has 0 unspecified atom stereocenters. The van der Waals surface area contributed by atoms with Crippen LogP contribution in [0.4, 0.5) is 0 Å². The number of halogens is 1. The van der Waals surface area contributed by atoms with Crippen LogP contribution in [0.25, 0.3) is 11.0 Å². The summed E-state index contributed by atoms with van der Waals surface area (Å²) in [6.07, 6.45) is 3.66. The van der Waals surface area contributed by atoms with Gasteiger partial charge in [0, 0.05) is 6.04 Å². The van der Waals surface area contributed by atoms with Crippen LogP contribution < -0.4 is 0 Å². The highest BCUT2D eigenvalue weighted by atomic mass is 35.5. The summed E-state index contributed by atoms with van der Waals surface area (Å²) in [6, 6.07) is 6.25. The van der Waals surface area contributed by atoms with E-state index in [4.69, 9.17) is 16.9 Å². The highest BCUT2D eigenvalue weighted by molar-refractivity contribution is 6.35. The van der Waals surface area contributed by atoms with E-state index in [0.717, 1.165) is 16.9 Å². The number of rotatable bonds is 1. The first-order valence-corrected chi connectivity index (χ1v) is 6.16. The minimum Gasteiger partial charge on any atom is -0.325 e. The monoisotopic (exact) mass is 245 g/mol. The number of imidazole rings is 1. The van der Waals surface area contributed by atoms with E-state index in [0.29, 0.717) is 16.6 Å². The molecule has 3 nitrogen and oxygen atoms in total. The van der Waals surface area contributed by atoms with Crippen molar-refractivity contribution in [3.05, 3.63) is 28.5 Å². The van der Waals surface area contributed by atoms with E-state index in [2.05, 4.69) is 15.6 Å². The maximum absolute atomic E-state index is 8.99. The highest BCUT2D eigenvalue weighted by Crippen LogP contribution is 2.37. The molecule has 0 saturated heterocycles. The molecule has 1 aliphatic rings. The molecule has 3 rings (SSSR count). The fourth-order valence-electron chi connectivity index (χ4n) is 2.44. The van der Waals surface area contributed by atoms with Crippen molar-refractivity contribution < 1.29 is 0 Å². The van der Waals surface area contributed by atoms with Gasteiger partial charge in [-0.2, -0.15) is 5.26 Å². The van der Waals surface area contributed by atoms with Crippen molar-refractivity contribution in [2.75, 3.05) is 0 Å². The molecule has 1 aromatic carbocycles. The Kier molecular flexibility index (Phi) is 2.34. The lowest BCUT2D eigenvalue weighted by molar-refractivity contribution is 0.316. The van der Waals surface area contributed by atoms with Gasteiger partial charge in [-0.3, -0.25) is 0 Å². The van der Waals surface area contributed by atoms with Crippen molar-refractivity contribution in [1.82, 2.24) is 9.55 Å². The van der Waals surface area contributed by atoms with Crippen LogP contribution in [0.15, 0.2) is 12.1 Å². The van der Waals surface area contributed by atoms with Crippen molar-refractivity contribution in [2.45, 2.75) is 32.2 Å². The second-order valence-electron chi connectivity index (χ2n) is 4.55. The first kappa shape index (κ1) is 10.6. The Hall–Kier alpha value is -1.53. The fraction of sp³-hybridized carbons (Fsp3) is 0.385. The van der Waals surface area contributed by atoms with Crippen LogP contribution in [-0.2, 0) is 0 Å². The van der Waals surface area contributed by atoms with Gasteiger partial charge in [0.25, 0.3) is 0 Å². The van der Waals surface area contributed by atoms with Crippen LogP contribution in [0.2, 0.25) is 5.02 Å². The normalized spacial score (nSPS) is 15.8. The van der Waals surface area contributed by atoms with Crippen molar-refractivity contribution in [1.29, 1.82) is 5.26 Å². The highest BCUT2D eigenvalue weighted by Gasteiger charge is 2.24. The Labute approximate surface area is 105 Å². The molecule has 86 valence electrons. The lowest BCUT2D eigenvalue weighted by Gasteiger charge is -2.28. The number of hydrogen-bond acceptors (Lipinski definition) is 2. The average molecular weight is 246 g/mol. The average Bonchev–Trinajstić information content (AvgIpc) is 2.55. The van der Waals surface area contributed by atoms with Gasteiger partial charge in [-0.1, -0.05) is 11.6 Å². The molecule has 1 aromatic heterocycles. The summed E-state index contributed by atoms with van der Waals surface area (Å²) in [6.45, 7) is 2.00. The largest absolute Gasteiger partial charge is 0.325 e. The molecule has 17 heavy (non-hydrogen) atoms. The molecule has 0 aliphatic heterocycles. The summed E-state index contributed by atoms with van der Waals surface area (Å²) >= 11 is 6.17. The van der Waals surface area contributed by atoms with Crippen LogP contribution in [0.3, 0.4) is 0 Å². The molecule has 0 N–H and O–H groups in total. The van der Waals surface area contributed by atoms with E-state index in [-0.39, 0.29) is 0 Å². The summed E-state index contributed by atoms with van der Waals surface area (Å²) in [7, 11) is 0. The number of fused-ring (bicyclic) bond motifs is 1. The number of nitrogens with zero attached hydrogens (tertiary/aromatic N) is 3. The van der Waals surface area contributed by atoms with Gasteiger partial charge >= 0.3 is 0 Å². The van der Waals surface area contributed by atoms with Crippen molar-refractivity contribution >= 4 is 22.6 Å². The Bertz CT molecular complexity index is 632. The van der Waals surface area contributed by atoms with Gasteiger partial charge in [-0.25, -0.2) is 4.98 Å². The number of aryl methyl sites for hydroxylation is 1. The zero-order valence-corrected chi connectivity index (χ0v) is 10.3. The smallest absolute Gasteiger partial charge is 0.107 e. The maximum Gasteiger partial charge on any atom is 0.107 e. The molecular weight excluding hydrogens is 234 g/mol. The third-order valence-corrected chi connectivity index (χ3v) is 3.78. The number of hydrogen-bond donors (Lipinski definition) is 0. The molecule has 0 bridgehead atoms. The predicted octanol–water partition coefficient (Wildman–Crippen LogP) is 3.59. The summed E-state index contributed by atoms with van der Waals surface area (Å²) in [5.74, 6) is 0.988. The second-order valence-corrected chi connectivity index (χ2v) is 4.96. The predicted molar refractivity (Wildman–Crippen MR) is 67.1 cm³/mol. The Morgan fingerprint density at radius 1 is 1.47 bits per heavy atom. The molecule has 1 heterocycles. The number of nitriles is 1. The standard InChI is InChI=1S/C13H12ClN3/c1-8-16-13-11(14)5-9(7-15)6-12(13)17(8)10-3-2-4-10/h5-6,10H,2-4H2,1H3. The second kappa shape index (κ2) is 3.75. The van der Waals surface area contributed by atoms with Gasteiger partial charge in [0.05, 0.1) is 22.2 Å².